The highest BCUT2D eigenvalue weighted by Crippen LogP contribution is 2.43. The van der Waals surface area contributed by atoms with Gasteiger partial charge in [-0.05, 0) is 44.4 Å². The number of aromatic amines is 1. The van der Waals surface area contributed by atoms with E-state index in [1.165, 1.54) is 26.0 Å². The standard InChI is InChI=1S/C27H32F4N4O/c1-16-8-20-19(4-5-24-21(20)12-32-33-24)26(35(16)15-27(2,3)31)25-22(29)9-18(10-23(25)30)36-7-6-34-13-17(11-28)14-34/h4-5,9-10,12,16-17,26H,6-8,11,13-15H2,1-3H3,(H,32,33). The van der Waals surface area contributed by atoms with Crippen LogP contribution in [-0.4, -0.2) is 71.2 Å². The fourth-order valence-electron chi connectivity index (χ4n) is 5.58. The summed E-state index contributed by atoms with van der Waals surface area (Å²) < 4.78 is 64.4. The maximum atomic E-state index is 15.6. The van der Waals surface area contributed by atoms with E-state index in [9.17, 15) is 8.78 Å². The second-order valence-electron chi connectivity index (χ2n) is 10.7. The van der Waals surface area contributed by atoms with Crippen LogP contribution in [0, 0.1) is 17.6 Å². The minimum Gasteiger partial charge on any atom is -0.492 e. The molecule has 0 radical (unpaired) electrons. The Bertz CT molecular complexity index is 1210. The molecule has 0 saturated carbocycles. The number of alkyl halides is 2. The van der Waals surface area contributed by atoms with E-state index in [1.807, 2.05) is 28.9 Å². The number of nitrogens with zero attached hydrogens (tertiary/aromatic N) is 3. The first kappa shape index (κ1) is 25.0. The van der Waals surface area contributed by atoms with Crippen molar-refractivity contribution in [2.45, 2.75) is 44.9 Å². The molecular weight excluding hydrogens is 472 g/mol. The summed E-state index contributed by atoms with van der Waals surface area (Å²) in [6, 6.07) is 5.15. The third-order valence-electron chi connectivity index (χ3n) is 7.28. The van der Waals surface area contributed by atoms with E-state index in [0.29, 0.717) is 26.1 Å². The molecule has 0 spiro atoms. The minimum atomic E-state index is -1.56. The number of nitrogens with one attached hydrogen (secondary N) is 1. The second-order valence-corrected chi connectivity index (χ2v) is 10.7. The molecule has 194 valence electrons. The van der Waals surface area contributed by atoms with Crippen LogP contribution < -0.4 is 4.74 Å². The number of fused-ring (bicyclic) bond motifs is 3. The van der Waals surface area contributed by atoms with E-state index in [4.69, 9.17) is 4.74 Å². The van der Waals surface area contributed by atoms with Crippen molar-refractivity contribution in [1.82, 2.24) is 20.0 Å². The molecule has 2 aromatic carbocycles. The summed E-state index contributed by atoms with van der Waals surface area (Å²) in [6.07, 6.45) is 2.34. The summed E-state index contributed by atoms with van der Waals surface area (Å²) in [4.78, 5) is 3.89. The average molecular weight is 505 g/mol. The van der Waals surface area contributed by atoms with E-state index < -0.39 is 23.3 Å². The second kappa shape index (κ2) is 9.67. The summed E-state index contributed by atoms with van der Waals surface area (Å²) in [5.74, 6) is -1.29. The molecule has 0 bridgehead atoms. The van der Waals surface area contributed by atoms with Gasteiger partial charge in [-0.15, -0.1) is 0 Å². The van der Waals surface area contributed by atoms with E-state index in [1.54, 1.807) is 6.20 Å². The van der Waals surface area contributed by atoms with E-state index >= 15 is 8.78 Å². The molecule has 1 saturated heterocycles. The molecule has 1 aromatic heterocycles. The SMILES string of the molecule is CC1Cc2c(ccc3[nH]ncc23)C(c2c(F)cc(OCCN3CC(CF)C3)cc2F)N1CC(C)(C)F. The Morgan fingerprint density at radius 1 is 1.17 bits per heavy atom. The topological polar surface area (TPSA) is 44.4 Å². The van der Waals surface area contributed by atoms with Gasteiger partial charge in [0.15, 0.2) is 0 Å². The predicted molar refractivity (Wildman–Crippen MR) is 131 cm³/mol. The molecule has 2 aliphatic rings. The van der Waals surface area contributed by atoms with Crippen LogP contribution in [-0.2, 0) is 6.42 Å². The number of aromatic nitrogens is 2. The predicted octanol–water partition coefficient (Wildman–Crippen LogP) is 5.21. The van der Waals surface area contributed by atoms with Crippen molar-refractivity contribution in [3.63, 3.8) is 0 Å². The summed E-state index contributed by atoms with van der Waals surface area (Å²) in [5, 5.41) is 7.99. The summed E-state index contributed by atoms with van der Waals surface area (Å²) in [7, 11) is 0. The van der Waals surface area contributed by atoms with Crippen molar-refractivity contribution in [2.75, 3.05) is 39.5 Å². The van der Waals surface area contributed by atoms with Gasteiger partial charge in [0.1, 0.15) is 29.7 Å². The lowest BCUT2D eigenvalue weighted by Gasteiger charge is -2.44. The van der Waals surface area contributed by atoms with E-state index in [0.717, 1.165) is 22.0 Å². The fourth-order valence-corrected chi connectivity index (χ4v) is 5.58. The Kier molecular flexibility index (Phi) is 6.72. The van der Waals surface area contributed by atoms with Crippen molar-refractivity contribution in [1.29, 1.82) is 0 Å². The molecule has 1 N–H and O–H groups in total. The number of rotatable bonds is 8. The zero-order valence-electron chi connectivity index (χ0n) is 20.8. The normalized spacial score (nSPS) is 21.5. The quantitative estimate of drug-likeness (QED) is 0.428. The van der Waals surface area contributed by atoms with E-state index in [-0.39, 0.29) is 43.1 Å². The summed E-state index contributed by atoms with van der Waals surface area (Å²) in [5.41, 5.74) is 0.891. The van der Waals surface area contributed by atoms with Gasteiger partial charge in [0.05, 0.1) is 24.4 Å². The van der Waals surface area contributed by atoms with Crippen LogP contribution in [0.3, 0.4) is 0 Å². The lowest BCUT2D eigenvalue weighted by atomic mass is 9.82. The maximum Gasteiger partial charge on any atom is 0.134 e. The zero-order valence-corrected chi connectivity index (χ0v) is 20.8. The number of hydrogen-bond acceptors (Lipinski definition) is 4. The van der Waals surface area contributed by atoms with Crippen molar-refractivity contribution in [3.8, 4) is 5.75 Å². The van der Waals surface area contributed by atoms with Crippen molar-refractivity contribution in [3.05, 3.63) is 58.8 Å². The highest BCUT2D eigenvalue weighted by atomic mass is 19.1. The van der Waals surface area contributed by atoms with Crippen LogP contribution in [0.5, 0.6) is 5.75 Å². The molecule has 5 nitrogen and oxygen atoms in total. The Morgan fingerprint density at radius 3 is 2.56 bits per heavy atom. The smallest absolute Gasteiger partial charge is 0.134 e. The molecule has 2 unspecified atom stereocenters. The number of benzene rings is 2. The monoisotopic (exact) mass is 504 g/mol. The Labute approximate surface area is 208 Å². The fraction of sp³-hybridized carbons (Fsp3) is 0.519. The molecule has 0 amide bonds. The van der Waals surface area contributed by atoms with Crippen LogP contribution in [0.25, 0.3) is 10.9 Å². The van der Waals surface area contributed by atoms with Gasteiger partial charge >= 0.3 is 0 Å². The number of halogens is 4. The van der Waals surface area contributed by atoms with Gasteiger partial charge in [0.25, 0.3) is 0 Å². The number of H-pyrrole nitrogens is 1. The van der Waals surface area contributed by atoms with Crippen LogP contribution in [0.2, 0.25) is 0 Å². The molecule has 9 heteroatoms. The molecule has 2 atom stereocenters. The highest BCUT2D eigenvalue weighted by Gasteiger charge is 2.40. The first-order valence-corrected chi connectivity index (χ1v) is 12.4. The van der Waals surface area contributed by atoms with Gasteiger partial charge in [0, 0.05) is 61.2 Å². The summed E-state index contributed by atoms with van der Waals surface area (Å²) in [6.45, 7) is 6.76. The number of likely N-dealkylation sites (tertiary alicyclic amines) is 1. The van der Waals surface area contributed by atoms with Crippen LogP contribution in [0.4, 0.5) is 17.6 Å². The van der Waals surface area contributed by atoms with Gasteiger partial charge in [-0.2, -0.15) is 5.10 Å². The van der Waals surface area contributed by atoms with Crippen molar-refractivity contribution >= 4 is 10.9 Å². The molecule has 2 aliphatic heterocycles. The number of hydrogen-bond donors (Lipinski definition) is 1. The highest BCUT2D eigenvalue weighted by molar-refractivity contribution is 5.83. The van der Waals surface area contributed by atoms with Gasteiger partial charge in [-0.25, -0.2) is 13.2 Å². The Morgan fingerprint density at radius 2 is 1.89 bits per heavy atom. The van der Waals surface area contributed by atoms with Gasteiger partial charge in [-0.3, -0.25) is 19.3 Å². The molecule has 3 heterocycles. The molecule has 5 rings (SSSR count). The van der Waals surface area contributed by atoms with Crippen LogP contribution in [0.15, 0.2) is 30.5 Å². The first-order chi connectivity index (χ1) is 17.1. The first-order valence-electron chi connectivity index (χ1n) is 12.4. The lowest BCUT2D eigenvalue weighted by Crippen LogP contribution is -2.49. The average Bonchev–Trinajstić information content (AvgIpc) is 3.25. The summed E-state index contributed by atoms with van der Waals surface area (Å²) >= 11 is 0. The third-order valence-corrected chi connectivity index (χ3v) is 7.28. The van der Waals surface area contributed by atoms with E-state index in [2.05, 4.69) is 10.2 Å². The molecular formula is C27H32F4N4O. The Balaban J connectivity index is 1.47. The van der Waals surface area contributed by atoms with Gasteiger partial charge < -0.3 is 4.74 Å². The van der Waals surface area contributed by atoms with Crippen LogP contribution in [0.1, 0.15) is 43.5 Å². The minimum absolute atomic E-state index is 0.0224. The maximum absolute atomic E-state index is 15.6. The largest absolute Gasteiger partial charge is 0.492 e. The van der Waals surface area contributed by atoms with Gasteiger partial charge in [-0.1, -0.05) is 6.07 Å². The molecule has 36 heavy (non-hydrogen) atoms. The van der Waals surface area contributed by atoms with Gasteiger partial charge in [0.2, 0.25) is 0 Å². The third kappa shape index (κ3) is 4.83. The molecule has 0 aliphatic carbocycles. The zero-order chi connectivity index (χ0) is 25.6. The molecule has 3 aromatic rings. The Hall–Kier alpha value is -2.65. The van der Waals surface area contributed by atoms with Crippen molar-refractivity contribution < 1.29 is 22.3 Å². The number of ether oxygens (including phenoxy) is 1. The lowest BCUT2D eigenvalue weighted by molar-refractivity contribution is 0.0647. The molecule has 1 fully saturated rings. The van der Waals surface area contributed by atoms with Crippen molar-refractivity contribution in [2.24, 2.45) is 5.92 Å². The van der Waals surface area contributed by atoms with Crippen LogP contribution >= 0.6 is 0 Å².